The summed E-state index contributed by atoms with van der Waals surface area (Å²) in [4.78, 5) is 3.88. The Bertz CT molecular complexity index is 333. The van der Waals surface area contributed by atoms with Gasteiger partial charge in [0.25, 0.3) is 0 Å². The largest absolute Gasteiger partial charge is 0.349 e. The predicted octanol–water partition coefficient (Wildman–Crippen LogP) is 0.306. The molecule has 0 bridgehead atoms. The molecule has 1 aromatic rings. The number of imidazole rings is 1. The minimum atomic E-state index is -1.98. The third-order valence-corrected chi connectivity index (χ3v) is 1.48. The smallest absolute Gasteiger partial charge is 0.249 e. The molecule has 0 aliphatic heterocycles. The number of aromatic nitrogens is 2. The quantitative estimate of drug-likeness (QED) is 0.371. The lowest BCUT2D eigenvalue weighted by Crippen LogP contribution is -2.29. The molecule has 1 rings (SSSR count). The van der Waals surface area contributed by atoms with Crippen LogP contribution < -0.4 is 5.43 Å². The van der Waals surface area contributed by atoms with Gasteiger partial charge in [0, 0.05) is 25.0 Å². The topological polar surface area (TPSA) is 82.7 Å². The molecule has 6 heteroatoms. The zero-order valence-electron chi connectivity index (χ0n) is 8.39. The van der Waals surface area contributed by atoms with E-state index in [1.165, 1.54) is 23.9 Å². The van der Waals surface area contributed by atoms with E-state index in [0.717, 1.165) is 5.71 Å². The number of anilines is 1. The summed E-state index contributed by atoms with van der Waals surface area (Å²) in [6.45, 7) is 4.87. The molecule has 0 fully saturated rings. The number of rotatable bonds is 3. The number of aliphatic hydroxyl groups is 2. The average molecular weight is 198 g/mol. The third-order valence-electron chi connectivity index (χ3n) is 1.48. The normalized spacial score (nSPS) is 11.2. The van der Waals surface area contributed by atoms with Gasteiger partial charge in [-0.05, 0) is 13.8 Å². The van der Waals surface area contributed by atoms with Gasteiger partial charge in [0.15, 0.2) is 0 Å². The van der Waals surface area contributed by atoms with Crippen molar-refractivity contribution in [2.24, 2.45) is 5.10 Å². The van der Waals surface area contributed by atoms with E-state index in [-0.39, 0.29) is 5.95 Å². The Morgan fingerprint density at radius 3 is 2.71 bits per heavy atom. The summed E-state index contributed by atoms with van der Waals surface area (Å²) < 4.78 is 1.17. The maximum absolute atomic E-state index is 9.31. The first-order chi connectivity index (χ1) is 6.41. The molecule has 14 heavy (non-hydrogen) atoms. The summed E-state index contributed by atoms with van der Waals surface area (Å²) in [6, 6.07) is 0. The second kappa shape index (κ2) is 3.77. The Morgan fingerprint density at radius 2 is 2.21 bits per heavy atom. The fourth-order valence-corrected chi connectivity index (χ4v) is 0.890. The van der Waals surface area contributed by atoms with Gasteiger partial charge >= 0.3 is 0 Å². The van der Waals surface area contributed by atoms with E-state index in [1.54, 1.807) is 0 Å². The van der Waals surface area contributed by atoms with Crippen molar-refractivity contribution in [2.45, 2.75) is 26.7 Å². The summed E-state index contributed by atoms with van der Waals surface area (Å²) in [6.07, 6.45) is 2.90. The number of hydrogen-bond acceptors (Lipinski definition) is 5. The fraction of sp³-hybridized carbons (Fsp3) is 0.500. The fourth-order valence-electron chi connectivity index (χ4n) is 0.890. The van der Waals surface area contributed by atoms with E-state index < -0.39 is 5.91 Å². The molecule has 0 aliphatic carbocycles. The Morgan fingerprint density at radius 1 is 1.57 bits per heavy atom. The van der Waals surface area contributed by atoms with Gasteiger partial charge in [0.2, 0.25) is 11.9 Å². The highest BCUT2D eigenvalue weighted by Crippen LogP contribution is 2.14. The van der Waals surface area contributed by atoms with Crippen LogP contribution in [0.3, 0.4) is 0 Å². The van der Waals surface area contributed by atoms with Crippen molar-refractivity contribution in [1.82, 2.24) is 9.55 Å². The molecule has 78 valence electrons. The Kier molecular flexibility index (Phi) is 2.87. The van der Waals surface area contributed by atoms with Gasteiger partial charge in [-0.15, -0.1) is 0 Å². The van der Waals surface area contributed by atoms with Crippen molar-refractivity contribution in [1.29, 1.82) is 0 Å². The van der Waals surface area contributed by atoms with Gasteiger partial charge in [-0.1, -0.05) is 0 Å². The van der Waals surface area contributed by atoms with Gasteiger partial charge in [-0.3, -0.25) is 4.57 Å². The van der Waals surface area contributed by atoms with Crippen molar-refractivity contribution in [3.63, 3.8) is 0 Å². The van der Waals surface area contributed by atoms with Crippen LogP contribution in [-0.4, -0.2) is 25.5 Å². The average Bonchev–Trinajstić information content (AvgIpc) is 2.46. The summed E-state index contributed by atoms with van der Waals surface area (Å²) in [5, 5.41) is 22.5. The maximum atomic E-state index is 9.31. The monoisotopic (exact) mass is 198 g/mol. The standard InChI is InChI=1S/C8H14N4O2/c1-6(2)10-11-7-9-4-5-12(7)8(3,13)14/h4-5,13-14H,1-3H3,(H,9,11). The molecule has 0 spiro atoms. The molecular formula is C8H14N4O2. The number of hydrazone groups is 1. The lowest BCUT2D eigenvalue weighted by molar-refractivity contribution is -0.211. The van der Waals surface area contributed by atoms with Crippen LogP contribution in [0.25, 0.3) is 0 Å². The van der Waals surface area contributed by atoms with Crippen LogP contribution in [0.15, 0.2) is 17.5 Å². The van der Waals surface area contributed by atoms with Crippen LogP contribution >= 0.6 is 0 Å². The van der Waals surface area contributed by atoms with Crippen molar-refractivity contribution in [3.05, 3.63) is 12.4 Å². The van der Waals surface area contributed by atoms with E-state index in [2.05, 4.69) is 15.5 Å². The van der Waals surface area contributed by atoms with Gasteiger partial charge < -0.3 is 10.2 Å². The minimum absolute atomic E-state index is 0.277. The summed E-state index contributed by atoms with van der Waals surface area (Å²) in [5.74, 6) is -1.70. The molecule has 0 atom stereocenters. The van der Waals surface area contributed by atoms with Gasteiger partial charge in [0.05, 0.1) is 0 Å². The van der Waals surface area contributed by atoms with Crippen molar-refractivity contribution >= 4 is 11.7 Å². The Hall–Kier alpha value is -1.40. The summed E-state index contributed by atoms with van der Waals surface area (Å²) in [5.41, 5.74) is 3.44. The molecule has 3 N–H and O–H groups in total. The molecule has 6 nitrogen and oxygen atoms in total. The van der Waals surface area contributed by atoms with Gasteiger partial charge in [0.1, 0.15) is 0 Å². The SMILES string of the molecule is CC(C)=NNc1nccn1C(C)(O)O. The van der Waals surface area contributed by atoms with Gasteiger partial charge in [-0.25, -0.2) is 10.4 Å². The number of nitrogens with one attached hydrogen (secondary N) is 1. The van der Waals surface area contributed by atoms with E-state index in [4.69, 9.17) is 0 Å². The molecule has 1 heterocycles. The second-order valence-electron chi connectivity index (χ2n) is 3.26. The van der Waals surface area contributed by atoms with Crippen molar-refractivity contribution in [3.8, 4) is 0 Å². The van der Waals surface area contributed by atoms with E-state index in [9.17, 15) is 10.2 Å². The first-order valence-electron chi connectivity index (χ1n) is 4.16. The zero-order chi connectivity index (χ0) is 10.8. The Labute approximate surface area is 81.9 Å². The van der Waals surface area contributed by atoms with Crippen LogP contribution in [-0.2, 0) is 5.91 Å². The zero-order valence-corrected chi connectivity index (χ0v) is 8.39. The van der Waals surface area contributed by atoms with Crippen LogP contribution in [0.1, 0.15) is 20.8 Å². The van der Waals surface area contributed by atoms with Crippen LogP contribution in [0.5, 0.6) is 0 Å². The van der Waals surface area contributed by atoms with Gasteiger partial charge in [-0.2, -0.15) is 5.10 Å². The van der Waals surface area contributed by atoms with E-state index in [1.807, 2.05) is 13.8 Å². The highest BCUT2D eigenvalue weighted by Gasteiger charge is 2.20. The second-order valence-corrected chi connectivity index (χ2v) is 3.26. The highest BCUT2D eigenvalue weighted by atomic mass is 16.5. The molecule has 0 aliphatic rings. The minimum Gasteiger partial charge on any atom is -0.349 e. The first-order valence-corrected chi connectivity index (χ1v) is 4.16. The molecule has 0 saturated carbocycles. The molecule has 1 aromatic heterocycles. The van der Waals surface area contributed by atoms with Crippen LogP contribution in [0, 0.1) is 0 Å². The van der Waals surface area contributed by atoms with E-state index >= 15 is 0 Å². The third kappa shape index (κ3) is 2.54. The summed E-state index contributed by atoms with van der Waals surface area (Å²) in [7, 11) is 0. The molecular weight excluding hydrogens is 184 g/mol. The lowest BCUT2D eigenvalue weighted by Gasteiger charge is -2.19. The van der Waals surface area contributed by atoms with Crippen molar-refractivity contribution < 1.29 is 10.2 Å². The van der Waals surface area contributed by atoms with E-state index in [0.29, 0.717) is 0 Å². The molecule has 0 amide bonds. The molecule has 0 aromatic carbocycles. The maximum Gasteiger partial charge on any atom is 0.249 e. The molecule has 0 radical (unpaired) electrons. The number of hydrogen-bond donors (Lipinski definition) is 3. The Balaban J connectivity index is 2.89. The highest BCUT2D eigenvalue weighted by molar-refractivity contribution is 5.79. The number of nitrogens with zero attached hydrogens (tertiary/aromatic N) is 3. The lowest BCUT2D eigenvalue weighted by atomic mass is 10.5. The molecule has 0 saturated heterocycles. The van der Waals surface area contributed by atoms with Crippen LogP contribution in [0.2, 0.25) is 0 Å². The predicted molar refractivity (Wildman–Crippen MR) is 52.7 cm³/mol. The molecule has 0 unspecified atom stereocenters. The summed E-state index contributed by atoms with van der Waals surface area (Å²) >= 11 is 0. The van der Waals surface area contributed by atoms with Crippen molar-refractivity contribution in [2.75, 3.05) is 5.43 Å². The first kappa shape index (κ1) is 10.7. The van der Waals surface area contributed by atoms with Crippen LogP contribution in [0.4, 0.5) is 5.95 Å².